The molecule has 0 unspecified atom stereocenters. The van der Waals surface area contributed by atoms with E-state index >= 15 is 0 Å². The summed E-state index contributed by atoms with van der Waals surface area (Å²) in [4.78, 5) is 8.03. The molecule has 0 amide bonds. The van der Waals surface area contributed by atoms with E-state index in [1.165, 1.54) is 0 Å². The number of nitrogen functional groups attached to an aromatic ring is 1. The highest BCUT2D eigenvalue weighted by atomic mass is 15.1. The third kappa shape index (κ3) is 1.65. The first kappa shape index (κ1) is 9.21. The minimum atomic E-state index is 0.211. The van der Waals surface area contributed by atoms with Gasteiger partial charge in [-0.25, -0.2) is 4.98 Å². The average molecular weight is 199 g/mol. The van der Waals surface area contributed by atoms with Gasteiger partial charge in [0.2, 0.25) is 5.95 Å². The topological polar surface area (TPSA) is 80.5 Å². The lowest BCUT2D eigenvalue weighted by molar-refractivity contribution is 0.961. The Morgan fingerprint density at radius 1 is 1.47 bits per heavy atom. The maximum absolute atomic E-state index is 8.86. The van der Waals surface area contributed by atoms with E-state index < -0.39 is 0 Å². The second kappa shape index (κ2) is 3.42. The van der Waals surface area contributed by atoms with Crippen LogP contribution in [0.1, 0.15) is 11.4 Å². The van der Waals surface area contributed by atoms with Crippen molar-refractivity contribution in [3.8, 4) is 11.9 Å². The van der Waals surface area contributed by atoms with Crippen LogP contribution in [0.4, 0.5) is 5.95 Å². The van der Waals surface area contributed by atoms with Crippen LogP contribution >= 0.6 is 0 Å². The summed E-state index contributed by atoms with van der Waals surface area (Å²) in [7, 11) is 0. The summed E-state index contributed by atoms with van der Waals surface area (Å²) >= 11 is 0. The number of aromatic nitrogens is 3. The Labute approximate surface area is 86.8 Å². The van der Waals surface area contributed by atoms with Gasteiger partial charge >= 0.3 is 0 Å². The Balaban J connectivity index is 2.60. The summed E-state index contributed by atoms with van der Waals surface area (Å²) in [5.74, 6) is 0.823. The Kier molecular flexibility index (Phi) is 2.10. The number of nitrogens with two attached hydrogens (primary N) is 1. The van der Waals surface area contributed by atoms with Crippen LogP contribution < -0.4 is 5.73 Å². The molecular formula is C10H9N5. The number of rotatable bonds is 1. The van der Waals surface area contributed by atoms with Crippen molar-refractivity contribution in [3.63, 3.8) is 0 Å². The van der Waals surface area contributed by atoms with Crippen molar-refractivity contribution in [2.45, 2.75) is 6.92 Å². The molecule has 2 aromatic rings. The molecule has 15 heavy (non-hydrogen) atoms. The number of hydrogen-bond donors (Lipinski definition) is 1. The van der Waals surface area contributed by atoms with Crippen molar-refractivity contribution in [3.05, 3.63) is 35.8 Å². The van der Waals surface area contributed by atoms with Crippen LogP contribution in [-0.2, 0) is 0 Å². The van der Waals surface area contributed by atoms with Gasteiger partial charge in [-0.3, -0.25) is 4.57 Å². The van der Waals surface area contributed by atoms with Gasteiger partial charge in [0.05, 0.1) is 0 Å². The van der Waals surface area contributed by atoms with Crippen LogP contribution in [0, 0.1) is 18.3 Å². The van der Waals surface area contributed by atoms with Gasteiger partial charge in [0, 0.05) is 18.0 Å². The number of anilines is 1. The summed E-state index contributed by atoms with van der Waals surface area (Å²) in [6, 6.07) is 7.35. The third-order valence-electron chi connectivity index (χ3n) is 1.97. The molecule has 0 spiro atoms. The molecule has 2 aromatic heterocycles. The lowest BCUT2D eigenvalue weighted by atomic mass is 10.4. The molecule has 0 radical (unpaired) electrons. The van der Waals surface area contributed by atoms with Crippen molar-refractivity contribution < 1.29 is 0 Å². The van der Waals surface area contributed by atoms with E-state index in [1.54, 1.807) is 29.0 Å². The highest BCUT2D eigenvalue weighted by molar-refractivity contribution is 5.37. The predicted octanol–water partition coefficient (Wildman–Crippen LogP) is 1.03. The summed E-state index contributed by atoms with van der Waals surface area (Å²) in [5.41, 5.74) is 6.83. The second-order valence-electron chi connectivity index (χ2n) is 3.10. The first-order chi connectivity index (χ1) is 7.20. The molecule has 2 rings (SSSR count). The third-order valence-corrected chi connectivity index (χ3v) is 1.97. The zero-order valence-electron chi connectivity index (χ0n) is 8.18. The quantitative estimate of drug-likeness (QED) is 0.743. The molecule has 0 fully saturated rings. The lowest BCUT2D eigenvalue weighted by Gasteiger charge is -2.05. The number of aryl methyl sites for hydroxylation is 1. The van der Waals surface area contributed by atoms with E-state index in [0.717, 1.165) is 5.69 Å². The summed E-state index contributed by atoms with van der Waals surface area (Å²) in [6.45, 7) is 1.83. The van der Waals surface area contributed by atoms with Crippen LogP contribution in [0.15, 0.2) is 24.4 Å². The van der Waals surface area contributed by atoms with Crippen molar-refractivity contribution in [2.75, 3.05) is 5.73 Å². The van der Waals surface area contributed by atoms with Crippen molar-refractivity contribution in [2.24, 2.45) is 0 Å². The molecule has 74 valence electrons. The van der Waals surface area contributed by atoms with E-state index in [2.05, 4.69) is 16.0 Å². The highest BCUT2D eigenvalue weighted by Gasteiger charge is 2.05. The Morgan fingerprint density at radius 3 is 2.93 bits per heavy atom. The van der Waals surface area contributed by atoms with Gasteiger partial charge in [-0.15, -0.1) is 0 Å². The van der Waals surface area contributed by atoms with E-state index in [1.807, 2.05) is 6.92 Å². The first-order valence-corrected chi connectivity index (χ1v) is 4.39. The molecule has 2 N–H and O–H groups in total. The minimum Gasteiger partial charge on any atom is -0.368 e. The largest absolute Gasteiger partial charge is 0.368 e. The van der Waals surface area contributed by atoms with Crippen molar-refractivity contribution >= 4 is 5.95 Å². The van der Waals surface area contributed by atoms with Gasteiger partial charge in [-0.05, 0) is 19.1 Å². The van der Waals surface area contributed by atoms with Crippen LogP contribution in [0.25, 0.3) is 5.82 Å². The normalized spacial score (nSPS) is 9.87. The van der Waals surface area contributed by atoms with Gasteiger partial charge in [-0.1, -0.05) is 0 Å². The van der Waals surface area contributed by atoms with E-state index in [9.17, 15) is 0 Å². The lowest BCUT2D eigenvalue weighted by Crippen LogP contribution is -2.04. The van der Waals surface area contributed by atoms with E-state index in [0.29, 0.717) is 11.5 Å². The molecule has 0 aliphatic carbocycles. The van der Waals surface area contributed by atoms with E-state index in [-0.39, 0.29) is 5.95 Å². The Morgan fingerprint density at radius 2 is 2.27 bits per heavy atom. The van der Waals surface area contributed by atoms with Gasteiger partial charge in [0.1, 0.15) is 17.6 Å². The van der Waals surface area contributed by atoms with Gasteiger partial charge in [-0.2, -0.15) is 10.2 Å². The smallest absolute Gasteiger partial charge is 0.222 e. The fraction of sp³-hybridized carbons (Fsp3) is 0.100. The van der Waals surface area contributed by atoms with Crippen LogP contribution in [0.3, 0.4) is 0 Å². The standard InChI is InChI=1S/C10H9N5/c1-7-5-9(14-10(12)13-7)15-4-2-3-8(15)6-11/h2-5H,1H3,(H2,12,13,14). The molecule has 0 aliphatic rings. The van der Waals surface area contributed by atoms with Gasteiger partial charge < -0.3 is 5.73 Å². The molecule has 0 atom stereocenters. The second-order valence-corrected chi connectivity index (χ2v) is 3.10. The van der Waals surface area contributed by atoms with Crippen molar-refractivity contribution in [1.29, 1.82) is 5.26 Å². The van der Waals surface area contributed by atoms with Crippen LogP contribution in [0.5, 0.6) is 0 Å². The van der Waals surface area contributed by atoms with Gasteiger partial charge in [0.15, 0.2) is 0 Å². The van der Waals surface area contributed by atoms with Crippen molar-refractivity contribution in [1.82, 2.24) is 14.5 Å². The molecule has 0 aromatic carbocycles. The van der Waals surface area contributed by atoms with Crippen LogP contribution in [0.2, 0.25) is 0 Å². The average Bonchev–Trinajstić information content (AvgIpc) is 2.63. The number of hydrogen-bond acceptors (Lipinski definition) is 4. The summed E-state index contributed by atoms with van der Waals surface area (Å²) in [6.07, 6.45) is 1.76. The monoisotopic (exact) mass is 199 g/mol. The fourth-order valence-corrected chi connectivity index (χ4v) is 1.37. The summed E-state index contributed by atoms with van der Waals surface area (Å²) < 4.78 is 1.67. The molecule has 0 bridgehead atoms. The molecule has 2 heterocycles. The predicted molar refractivity (Wildman–Crippen MR) is 55.2 cm³/mol. The maximum Gasteiger partial charge on any atom is 0.222 e. The molecule has 0 aliphatic heterocycles. The zero-order valence-corrected chi connectivity index (χ0v) is 8.18. The zero-order chi connectivity index (χ0) is 10.8. The first-order valence-electron chi connectivity index (χ1n) is 4.39. The molecule has 0 saturated heterocycles. The highest BCUT2D eigenvalue weighted by Crippen LogP contribution is 2.11. The minimum absolute atomic E-state index is 0.211. The van der Waals surface area contributed by atoms with Crippen LogP contribution in [-0.4, -0.2) is 14.5 Å². The molecule has 5 heteroatoms. The molecule has 5 nitrogen and oxygen atoms in total. The number of nitrogens with zero attached hydrogens (tertiary/aromatic N) is 4. The fourth-order valence-electron chi connectivity index (χ4n) is 1.37. The summed E-state index contributed by atoms with van der Waals surface area (Å²) in [5, 5.41) is 8.86. The maximum atomic E-state index is 8.86. The SMILES string of the molecule is Cc1cc(-n2cccc2C#N)nc(N)n1. The Bertz CT molecular complexity index is 515. The number of nitriles is 1. The molecular weight excluding hydrogens is 190 g/mol. The van der Waals surface area contributed by atoms with E-state index in [4.69, 9.17) is 11.0 Å². The Hall–Kier alpha value is -2.35. The van der Waals surface area contributed by atoms with Gasteiger partial charge in [0.25, 0.3) is 0 Å². The molecule has 0 saturated carbocycles.